The fourth-order valence-corrected chi connectivity index (χ4v) is 3.90. The highest BCUT2D eigenvalue weighted by Crippen LogP contribution is 2.33. The van der Waals surface area contributed by atoms with Crippen LogP contribution in [0.3, 0.4) is 0 Å². The van der Waals surface area contributed by atoms with E-state index in [9.17, 15) is 4.79 Å². The summed E-state index contributed by atoms with van der Waals surface area (Å²) in [5.41, 5.74) is 2.85. The molecule has 5 heteroatoms. The number of amides is 1. The molecule has 0 unspecified atom stereocenters. The summed E-state index contributed by atoms with van der Waals surface area (Å²) in [6, 6.07) is 17.7. The van der Waals surface area contributed by atoms with Crippen LogP contribution >= 0.6 is 0 Å². The molecule has 0 spiro atoms. The first-order chi connectivity index (χ1) is 12.8. The van der Waals surface area contributed by atoms with Crippen molar-refractivity contribution < 1.29 is 9.53 Å². The van der Waals surface area contributed by atoms with Crippen LogP contribution in [0.2, 0.25) is 0 Å². The third-order valence-electron chi connectivity index (χ3n) is 5.14. The number of pyridine rings is 1. The van der Waals surface area contributed by atoms with E-state index in [1.807, 2.05) is 48.7 Å². The molecule has 26 heavy (non-hydrogen) atoms. The van der Waals surface area contributed by atoms with Gasteiger partial charge in [-0.05, 0) is 29.8 Å². The summed E-state index contributed by atoms with van der Waals surface area (Å²) >= 11 is 0. The van der Waals surface area contributed by atoms with E-state index >= 15 is 0 Å². The molecule has 2 aliphatic heterocycles. The molecule has 3 heterocycles. The molecule has 2 bridgehead atoms. The SMILES string of the molecule is O=C1Nc2ccccc2O[C@H]2C[C@@H]1N(Cc1cnc3ccccc3c1)C2. The zero-order valence-electron chi connectivity index (χ0n) is 14.3. The molecular weight excluding hydrogens is 326 g/mol. The minimum atomic E-state index is -0.181. The third-order valence-corrected chi connectivity index (χ3v) is 5.14. The van der Waals surface area contributed by atoms with Gasteiger partial charge in [-0.1, -0.05) is 30.3 Å². The predicted octanol–water partition coefficient (Wildman–Crippen LogP) is 3.21. The molecule has 0 radical (unpaired) electrons. The Morgan fingerprint density at radius 2 is 2.00 bits per heavy atom. The monoisotopic (exact) mass is 345 g/mol. The van der Waals surface area contributed by atoms with Gasteiger partial charge in [0.15, 0.2) is 0 Å². The number of nitrogens with zero attached hydrogens (tertiary/aromatic N) is 2. The topological polar surface area (TPSA) is 54.5 Å². The van der Waals surface area contributed by atoms with Gasteiger partial charge in [0.2, 0.25) is 5.91 Å². The van der Waals surface area contributed by atoms with Crippen LogP contribution in [0.5, 0.6) is 5.75 Å². The Balaban J connectivity index is 1.41. The fourth-order valence-electron chi connectivity index (χ4n) is 3.90. The molecule has 5 nitrogen and oxygen atoms in total. The van der Waals surface area contributed by atoms with E-state index in [4.69, 9.17) is 4.74 Å². The van der Waals surface area contributed by atoms with Crippen LogP contribution in [-0.2, 0) is 11.3 Å². The third kappa shape index (κ3) is 2.70. The number of nitrogens with one attached hydrogen (secondary N) is 1. The summed E-state index contributed by atoms with van der Waals surface area (Å²) in [5.74, 6) is 0.788. The first-order valence-corrected chi connectivity index (χ1v) is 8.90. The number of aromatic nitrogens is 1. The first kappa shape index (κ1) is 15.3. The quantitative estimate of drug-likeness (QED) is 0.775. The minimum absolute atomic E-state index is 0.0283. The molecule has 2 aliphatic rings. The lowest BCUT2D eigenvalue weighted by molar-refractivity contribution is -0.120. The fraction of sp³-hybridized carbons (Fsp3) is 0.238. The Morgan fingerprint density at radius 1 is 1.15 bits per heavy atom. The van der Waals surface area contributed by atoms with E-state index in [1.54, 1.807) is 0 Å². The second-order valence-electron chi connectivity index (χ2n) is 6.94. The van der Waals surface area contributed by atoms with E-state index in [-0.39, 0.29) is 18.1 Å². The van der Waals surface area contributed by atoms with Gasteiger partial charge in [-0.25, -0.2) is 0 Å². The van der Waals surface area contributed by atoms with E-state index in [0.717, 1.165) is 34.4 Å². The van der Waals surface area contributed by atoms with Gasteiger partial charge in [0.05, 0.1) is 17.2 Å². The Morgan fingerprint density at radius 3 is 2.96 bits per heavy atom. The maximum Gasteiger partial charge on any atom is 0.241 e. The van der Waals surface area contributed by atoms with Crippen molar-refractivity contribution >= 4 is 22.5 Å². The van der Waals surface area contributed by atoms with E-state index in [1.165, 1.54) is 0 Å². The lowest BCUT2D eigenvalue weighted by Crippen LogP contribution is -2.39. The lowest BCUT2D eigenvalue weighted by Gasteiger charge is -2.23. The second kappa shape index (κ2) is 6.11. The van der Waals surface area contributed by atoms with Crippen LogP contribution in [0.4, 0.5) is 5.69 Å². The number of fused-ring (bicyclic) bond motifs is 4. The van der Waals surface area contributed by atoms with Gasteiger partial charge >= 0.3 is 0 Å². The van der Waals surface area contributed by atoms with Gasteiger partial charge in [0.25, 0.3) is 0 Å². The van der Waals surface area contributed by atoms with Crippen LogP contribution in [-0.4, -0.2) is 34.5 Å². The van der Waals surface area contributed by atoms with Gasteiger partial charge in [0, 0.05) is 31.1 Å². The van der Waals surface area contributed by atoms with Crippen LogP contribution < -0.4 is 10.1 Å². The lowest BCUT2D eigenvalue weighted by atomic mass is 10.1. The molecule has 1 N–H and O–H groups in total. The standard InChI is InChI=1S/C21H19N3O2/c25-21-19-10-16(26-20-8-4-3-7-18(20)23-21)13-24(19)12-14-9-15-5-1-2-6-17(15)22-11-14/h1-9,11,16,19H,10,12-13H2,(H,23,25)/t16-,19-/m0/s1. The largest absolute Gasteiger partial charge is 0.487 e. The predicted molar refractivity (Wildman–Crippen MR) is 100 cm³/mol. The number of anilines is 1. The second-order valence-corrected chi connectivity index (χ2v) is 6.94. The summed E-state index contributed by atoms with van der Waals surface area (Å²) in [6.45, 7) is 1.42. The van der Waals surface area contributed by atoms with Crippen molar-refractivity contribution in [2.75, 3.05) is 11.9 Å². The molecule has 1 aromatic heterocycles. The summed E-state index contributed by atoms with van der Waals surface area (Å²) < 4.78 is 6.14. The van der Waals surface area contributed by atoms with Crippen molar-refractivity contribution in [1.82, 2.24) is 9.88 Å². The van der Waals surface area contributed by atoms with Crippen molar-refractivity contribution in [3.05, 3.63) is 66.4 Å². The number of para-hydroxylation sites is 3. The first-order valence-electron chi connectivity index (χ1n) is 8.90. The molecule has 2 aromatic carbocycles. The zero-order valence-corrected chi connectivity index (χ0v) is 14.3. The molecule has 0 saturated carbocycles. The van der Waals surface area contributed by atoms with Crippen molar-refractivity contribution in [2.45, 2.75) is 25.1 Å². The number of likely N-dealkylation sites (tertiary alicyclic amines) is 1. The van der Waals surface area contributed by atoms with Crippen molar-refractivity contribution in [3.8, 4) is 5.75 Å². The van der Waals surface area contributed by atoms with Gasteiger partial charge in [-0.3, -0.25) is 14.7 Å². The van der Waals surface area contributed by atoms with Gasteiger partial charge in [-0.15, -0.1) is 0 Å². The highest BCUT2D eigenvalue weighted by Gasteiger charge is 2.39. The summed E-state index contributed by atoms with van der Waals surface area (Å²) in [7, 11) is 0. The maximum atomic E-state index is 12.8. The summed E-state index contributed by atoms with van der Waals surface area (Å²) in [4.78, 5) is 19.5. The summed E-state index contributed by atoms with van der Waals surface area (Å²) in [6.07, 6.45) is 2.64. The van der Waals surface area contributed by atoms with Crippen molar-refractivity contribution in [3.63, 3.8) is 0 Å². The van der Waals surface area contributed by atoms with Crippen LogP contribution in [0.1, 0.15) is 12.0 Å². The molecular formula is C21H19N3O2. The number of carbonyl (C=O) groups excluding carboxylic acids is 1. The zero-order chi connectivity index (χ0) is 17.5. The molecule has 2 atom stereocenters. The Kier molecular flexibility index (Phi) is 3.60. The number of benzene rings is 2. The minimum Gasteiger partial charge on any atom is -0.487 e. The Bertz CT molecular complexity index is 988. The number of rotatable bonds is 2. The number of hydrogen-bond acceptors (Lipinski definition) is 4. The molecule has 1 fully saturated rings. The van der Waals surface area contributed by atoms with Gasteiger partial charge < -0.3 is 10.1 Å². The Labute approximate surface area is 151 Å². The normalized spacial score (nSPS) is 22.2. The molecule has 1 saturated heterocycles. The molecule has 5 rings (SSSR count). The van der Waals surface area contributed by atoms with E-state index in [0.29, 0.717) is 13.0 Å². The number of hydrogen-bond donors (Lipinski definition) is 1. The van der Waals surface area contributed by atoms with Gasteiger partial charge in [0.1, 0.15) is 11.9 Å². The Hall–Kier alpha value is -2.92. The van der Waals surface area contributed by atoms with Crippen LogP contribution in [0.25, 0.3) is 10.9 Å². The van der Waals surface area contributed by atoms with Gasteiger partial charge in [-0.2, -0.15) is 0 Å². The molecule has 3 aromatic rings. The highest BCUT2D eigenvalue weighted by atomic mass is 16.5. The van der Waals surface area contributed by atoms with Crippen molar-refractivity contribution in [1.29, 1.82) is 0 Å². The van der Waals surface area contributed by atoms with E-state index in [2.05, 4.69) is 27.3 Å². The van der Waals surface area contributed by atoms with Crippen LogP contribution in [0, 0.1) is 0 Å². The highest BCUT2D eigenvalue weighted by molar-refractivity contribution is 5.96. The summed E-state index contributed by atoms with van der Waals surface area (Å²) in [5, 5.41) is 4.13. The van der Waals surface area contributed by atoms with Crippen LogP contribution in [0.15, 0.2) is 60.8 Å². The average Bonchev–Trinajstić information content (AvgIpc) is 3.06. The maximum absolute atomic E-state index is 12.8. The van der Waals surface area contributed by atoms with Crippen molar-refractivity contribution in [2.24, 2.45) is 0 Å². The molecule has 1 amide bonds. The average molecular weight is 345 g/mol. The molecule has 130 valence electrons. The smallest absolute Gasteiger partial charge is 0.241 e. The molecule has 0 aliphatic carbocycles. The number of carbonyl (C=O) groups is 1. The van der Waals surface area contributed by atoms with E-state index < -0.39 is 0 Å². The number of ether oxygens (including phenoxy) is 1.